The minimum atomic E-state index is -2.77. The number of piperidine rings is 1. The van der Waals surface area contributed by atoms with Crippen LogP contribution in [0.5, 0.6) is 5.75 Å². The van der Waals surface area contributed by atoms with Crippen LogP contribution in [-0.4, -0.2) is 101 Å². The van der Waals surface area contributed by atoms with Crippen molar-refractivity contribution in [3.8, 4) is 28.0 Å². The lowest BCUT2D eigenvalue weighted by atomic mass is 10.0. The number of aromatic nitrogens is 4. The Morgan fingerprint density at radius 1 is 0.806 bits per heavy atom. The highest BCUT2D eigenvalue weighted by Gasteiger charge is 2.47. The summed E-state index contributed by atoms with van der Waals surface area (Å²) in [5, 5.41) is 14.2. The quantitative estimate of drug-likeness (QED) is 0.0888. The molecule has 19 heteroatoms. The zero-order chi connectivity index (χ0) is 46.9. The molecule has 4 aliphatic heterocycles. The summed E-state index contributed by atoms with van der Waals surface area (Å²) in [6.45, 7) is 5.75. The number of hydrogen-bond acceptors (Lipinski definition) is 13. The van der Waals surface area contributed by atoms with Crippen molar-refractivity contribution in [2.24, 2.45) is 18.9 Å². The van der Waals surface area contributed by atoms with E-state index in [9.17, 15) is 23.7 Å². The maximum Gasteiger partial charge on any atom is 0.262 e. The van der Waals surface area contributed by atoms with Crippen LogP contribution in [-0.2, 0) is 21.2 Å². The van der Waals surface area contributed by atoms with Crippen LogP contribution >= 0.6 is 18.7 Å². The van der Waals surface area contributed by atoms with Crippen molar-refractivity contribution in [2.45, 2.75) is 18.9 Å². The normalized spacial score (nSPS) is 19.2. The molecule has 3 N–H and O–H groups in total. The lowest BCUT2D eigenvalue weighted by Gasteiger charge is -2.27. The number of methoxy groups -OCH3 is 1. The Hall–Kier alpha value is -7.10. The third-order valence-electron chi connectivity index (χ3n) is 12.9. The molecule has 4 aliphatic rings. The first-order valence-electron chi connectivity index (χ1n) is 21.7. The van der Waals surface area contributed by atoms with E-state index in [4.69, 9.17) is 21.3 Å². The van der Waals surface area contributed by atoms with Gasteiger partial charge >= 0.3 is 0 Å². The number of nitrogens with zero attached hydrogens (tertiary/aromatic N) is 7. The van der Waals surface area contributed by atoms with Crippen molar-refractivity contribution >= 4 is 82.2 Å². The third kappa shape index (κ3) is 8.16. The number of ether oxygens (including phenoxy) is 1. The van der Waals surface area contributed by atoms with Crippen molar-refractivity contribution in [2.75, 3.05) is 67.1 Å². The molecule has 0 spiro atoms. The van der Waals surface area contributed by atoms with E-state index >= 15 is 4.39 Å². The summed E-state index contributed by atoms with van der Waals surface area (Å²) < 4.78 is 37.2. The van der Waals surface area contributed by atoms with E-state index in [1.165, 1.54) is 12.3 Å². The second kappa shape index (κ2) is 17.0. The molecule has 0 radical (unpaired) electrons. The van der Waals surface area contributed by atoms with Crippen molar-refractivity contribution in [3.05, 3.63) is 113 Å². The summed E-state index contributed by atoms with van der Waals surface area (Å²) in [6.07, 6.45) is 5.22. The molecular formula is C48H45ClFN10O6P. The molecule has 0 aliphatic carbocycles. The fourth-order valence-electron chi connectivity index (χ4n) is 9.65. The molecule has 16 nitrogen and oxygen atoms in total. The Morgan fingerprint density at radius 2 is 1.51 bits per heavy atom. The summed E-state index contributed by atoms with van der Waals surface area (Å²) in [5.74, 6) is -1.91. The number of amides is 4. The number of imide groups is 2. The highest BCUT2D eigenvalue weighted by Crippen LogP contribution is 2.46. The summed E-state index contributed by atoms with van der Waals surface area (Å²) in [5.41, 5.74) is 5.95. The van der Waals surface area contributed by atoms with Gasteiger partial charge in [-0.1, -0.05) is 48.0 Å². The van der Waals surface area contributed by atoms with Crippen LogP contribution in [0, 0.1) is 17.7 Å². The molecular weight excluding hydrogens is 898 g/mol. The zero-order valence-corrected chi connectivity index (χ0v) is 38.6. The first-order chi connectivity index (χ1) is 32.1. The molecule has 6 heterocycles. The van der Waals surface area contributed by atoms with Gasteiger partial charge in [-0.2, -0.15) is 10.1 Å². The largest absolute Gasteiger partial charge is 0.494 e. The van der Waals surface area contributed by atoms with Crippen molar-refractivity contribution < 1.29 is 32.9 Å². The molecule has 67 heavy (non-hydrogen) atoms. The second-order valence-electron chi connectivity index (χ2n) is 17.7. The number of anilines is 6. The van der Waals surface area contributed by atoms with Crippen molar-refractivity contribution in [1.29, 1.82) is 0 Å². The molecule has 4 amide bonds. The molecule has 3 unspecified atom stereocenters. The average Bonchev–Trinajstić information content (AvgIpc) is 4.07. The summed E-state index contributed by atoms with van der Waals surface area (Å²) in [6, 6.07) is 21.0. The minimum absolute atomic E-state index is 0.00953. The van der Waals surface area contributed by atoms with Crippen LogP contribution in [0.4, 0.5) is 38.9 Å². The maximum absolute atomic E-state index is 15.9. The highest BCUT2D eigenvalue weighted by atomic mass is 35.5. The van der Waals surface area contributed by atoms with Gasteiger partial charge in [0.2, 0.25) is 17.8 Å². The SMILES string of the molecule is COc1cc(N2CC3CN(c4cc5c(cc4F)C(=O)N(C4CCC(=O)NC4=O)C5=O)CC3C2)c(-c2cnn(C)c2)cc1Nc1ncc(Cl)c(Nc2ccc(-c3ccccc3)cc2P(C)(C)=O)n1. The van der Waals surface area contributed by atoms with Crippen LogP contribution in [0.15, 0.2) is 91.4 Å². The van der Waals surface area contributed by atoms with Crippen LogP contribution < -0.4 is 35.8 Å². The fraction of sp³-hybridized carbons (Fsp3) is 0.271. The molecule has 3 fully saturated rings. The Kier molecular flexibility index (Phi) is 11.1. The standard InChI is InChI=1S/C48H45ClFN10O6P/c1-57-21-28(19-52-57)31-16-37(54-48-51-20-34(49)44(56-48)53-36-11-10-27(14-42(36)67(3,4)65)26-8-6-5-7-9-26)41(66-2)18-39(31)58-22-29-24-59(25-30(29)23-58)40-17-33-32(15-35(40)50)46(63)60(47(33)64)38-12-13-43(61)55-45(38)62/h5-11,14-21,29-30,38H,12-13,22-25H2,1-4H3,(H,55,61,62)(H2,51,53,54,56). The Labute approximate surface area is 389 Å². The number of carbonyl (C=O) groups is 4. The lowest BCUT2D eigenvalue weighted by Crippen LogP contribution is -2.54. The third-order valence-corrected chi connectivity index (χ3v) is 14.7. The van der Waals surface area contributed by atoms with Gasteiger partial charge < -0.3 is 29.7 Å². The second-order valence-corrected chi connectivity index (χ2v) is 21.3. The highest BCUT2D eigenvalue weighted by molar-refractivity contribution is 7.70. The van der Waals surface area contributed by atoms with Crippen molar-refractivity contribution in [3.63, 3.8) is 0 Å². The van der Waals surface area contributed by atoms with E-state index in [-0.39, 0.29) is 52.5 Å². The van der Waals surface area contributed by atoms with E-state index in [2.05, 4.69) is 30.9 Å². The number of benzene rings is 4. The molecule has 6 aromatic rings. The van der Waals surface area contributed by atoms with Gasteiger partial charge in [0.15, 0.2) is 5.82 Å². The molecule has 0 saturated carbocycles. The van der Waals surface area contributed by atoms with E-state index in [1.54, 1.807) is 31.3 Å². The number of fused-ring (bicyclic) bond motifs is 2. The van der Waals surface area contributed by atoms with Gasteiger partial charge in [-0.15, -0.1) is 0 Å². The van der Waals surface area contributed by atoms with Gasteiger partial charge in [0.25, 0.3) is 11.8 Å². The first kappa shape index (κ1) is 43.8. The molecule has 4 aromatic carbocycles. The van der Waals surface area contributed by atoms with Crippen molar-refractivity contribution in [1.82, 2.24) is 30.0 Å². The Bertz CT molecular complexity index is 3080. The molecule has 3 atom stereocenters. The Morgan fingerprint density at radius 3 is 2.16 bits per heavy atom. The monoisotopic (exact) mass is 942 g/mol. The molecule has 0 bridgehead atoms. The van der Waals surface area contributed by atoms with Gasteiger partial charge in [-0.3, -0.25) is 34.1 Å². The van der Waals surface area contributed by atoms with Crippen LogP contribution in [0.1, 0.15) is 33.6 Å². The molecule has 3 saturated heterocycles. The Balaban J connectivity index is 0.891. The predicted octanol–water partition coefficient (Wildman–Crippen LogP) is 7.05. The van der Waals surface area contributed by atoms with Crippen LogP contribution in [0.2, 0.25) is 5.02 Å². The summed E-state index contributed by atoms with van der Waals surface area (Å²) >= 11 is 6.67. The lowest BCUT2D eigenvalue weighted by molar-refractivity contribution is -0.136. The van der Waals surface area contributed by atoms with Crippen LogP contribution in [0.25, 0.3) is 22.3 Å². The average molecular weight is 943 g/mol. The van der Waals surface area contributed by atoms with E-state index in [0.29, 0.717) is 54.4 Å². The number of aryl methyl sites for hydroxylation is 1. The predicted molar refractivity (Wildman–Crippen MR) is 254 cm³/mol. The smallest absolute Gasteiger partial charge is 0.262 e. The first-order valence-corrected chi connectivity index (χ1v) is 24.7. The fourth-order valence-corrected chi connectivity index (χ4v) is 11.0. The number of nitrogens with one attached hydrogen (secondary N) is 3. The molecule has 2 aromatic heterocycles. The maximum atomic E-state index is 15.9. The minimum Gasteiger partial charge on any atom is -0.494 e. The number of halogens is 2. The van der Waals surface area contributed by atoms with Crippen LogP contribution in [0.3, 0.4) is 0 Å². The van der Waals surface area contributed by atoms with Gasteiger partial charge in [-0.05, 0) is 61.2 Å². The van der Waals surface area contributed by atoms with Gasteiger partial charge in [0.05, 0.1) is 47.7 Å². The number of rotatable bonds is 11. The molecule has 10 rings (SSSR count). The summed E-state index contributed by atoms with van der Waals surface area (Å²) in [7, 11) is 0.663. The zero-order valence-electron chi connectivity index (χ0n) is 36.9. The van der Waals surface area contributed by atoms with E-state index in [0.717, 1.165) is 38.9 Å². The van der Waals surface area contributed by atoms with Gasteiger partial charge in [0.1, 0.15) is 29.8 Å². The molecule has 342 valence electrons. The van der Waals surface area contributed by atoms with Gasteiger partial charge in [-0.25, -0.2) is 9.37 Å². The number of hydrogen-bond donors (Lipinski definition) is 3. The van der Waals surface area contributed by atoms with E-state index < -0.39 is 42.6 Å². The van der Waals surface area contributed by atoms with E-state index in [1.807, 2.05) is 78.8 Å². The number of carbonyl (C=O) groups excluding carboxylic acids is 4. The topological polar surface area (TPSA) is 184 Å². The summed E-state index contributed by atoms with van der Waals surface area (Å²) in [4.78, 5) is 65.5. The van der Waals surface area contributed by atoms with Gasteiger partial charge in [0, 0.05) is 85.9 Å².